The van der Waals surface area contributed by atoms with Gasteiger partial charge in [-0.05, 0) is 54.8 Å². The van der Waals surface area contributed by atoms with E-state index in [2.05, 4.69) is 34.5 Å². The molecule has 0 aromatic heterocycles. The number of nitrogens with one attached hydrogen (secondary N) is 1. The van der Waals surface area contributed by atoms with E-state index in [9.17, 15) is 4.79 Å². The topological polar surface area (TPSA) is 52.6 Å². The van der Waals surface area contributed by atoms with Crippen molar-refractivity contribution in [2.75, 3.05) is 13.1 Å². The van der Waals surface area contributed by atoms with Crippen LogP contribution in [0.5, 0.6) is 0 Å². The van der Waals surface area contributed by atoms with Gasteiger partial charge in [-0.2, -0.15) is 0 Å². The molecule has 1 fully saturated rings. The molecule has 1 saturated heterocycles. The second kappa shape index (κ2) is 8.79. The summed E-state index contributed by atoms with van der Waals surface area (Å²) in [7, 11) is 0. The monoisotopic (exact) mass is 338 g/mol. The highest BCUT2D eigenvalue weighted by Crippen LogP contribution is 2.14. The molecule has 1 heterocycles. The average molecular weight is 338 g/mol. The van der Waals surface area contributed by atoms with E-state index in [1.807, 2.05) is 6.07 Å². The van der Waals surface area contributed by atoms with Crippen LogP contribution in [0.15, 0.2) is 48.5 Å². The predicted octanol–water partition coefficient (Wildman–Crippen LogP) is 3.66. The van der Waals surface area contributed by atoms with Crippen LogP contribution in [-0.2, 0) is 19.6 Å². The van der Waals surface area contributed by atoms with Crippen molar-refractivity contribution in [1.29, 1.82) is 0 Å². The van der Waals surface area contributed by atoms with Crippen molar-refractivity contribution in [3.63, 3.8) is 0 Å². The lowest BCUT2D eigenvalue weighted by Crippen LogP contribution is -2.29. The van der Waals surface area contributed by atoms with Crippen molar-refractivity contribution in [2.45, 2.75) is 38.9 Å². The van der Waals surface area contributed by atoms with Gasteiger partial charge in [0.05, 0.1) is 5.56 Å². The van der Waals surface area contributed by atoms with E-state index in [4.69, 9.17) is 5.11 Å². The van der Waals surface area contributed by atoms with Crippen LogP contribution in [0.3, 0.4) is 0 Å². The summed E-state index contributed by atoms with van der Waals surface area (Å²) in [4.78, 5) is 13.5. The summed E-state index contributed by atoms with van der Waals surface area (Å²) in [5, 5.41) is 12.4. The summed E-state index contributed by atoms with van der Waals surface area (Å²) < 4.78 is 0. The number of hydrogen-bond acceptors (Lipinski definition) is 3. The summed E-state index contributed by atoms with van der Waals surface area (Å²) in [6.07, 6.45) is 4.02. The molecular weight excluding hydrogens is 312 g/mol. The molecule has 0 unspecified atom stereocenters. The standard InChI is InChI=1S/C21H26N2O2/c24-21(25)20-6-4-5-19(13-20)15-22-14-17-7-9-18(10-8-17)16-23-11-2-1-3-12-23/h4-10,13,22H,1-3,11-12,14-16H2,(H,24,25). The molecule has 132 valence electrons. The van der Waals surface area contributed by atoms with Gasteiger partial charge in [-0.1, -0.05) is 42.8 Å². The first-order chi connectivity index (χ1) is 12.2. The molecule has 2 N–H and O–H groups in total. The van der Waals surface area contributed by atoms with Crippen LogP contribution in [0.1, 0.15) is 46.3 Å². The third-order valence-corrected chi connectivity index (χ3v) is 4.71. The lowest BCUT2D eigenvalue weighted by atomic mass is 10.1. The number of aromatic carboxylic acids is 1. The number of likely N-dealkylation sites (tertiary alicyclic amines) is 1. The smallest absolute Gasteiger partial charge is 0.335 e. The van der Waals surface area contributed by atoms with Gasteiger partial charge in [0.15, 0.2) is 0 Å². The summed E-state index contributed by atoms with van der Waals surface area (Å²) in [5.74, 6) is -0.883. The first kappa shape index (κ1) is 17.6. The van der Waals surface area contributed by atoms with E-state index < -0.39 is 5.97 Å². The van der Waals surface area contributed by atoms with Crippen molar-refractivity contribution in [1.82, 2.24) is 10.2 Å². The number of hydrogen-bond donors (Lipinski definition) is 2. The summed E-state index contributed by atoms with van der Waals surface area (Å²) in [5.41, 5.74) is 3.94. The van der Waals surface area contributed by atoms with Gasteiger partial charge in [0.1, 0.15) is 0 Å². The Labute approximate surface area is 149 Å². The summed E-state index contributed by atoms with van der Waals surface area (Å²) in [6.45, 7) is 4.94. The van der Waals surface area contributed by atoms with Gasteiger partial charge in [0.2, 0.25) is 0 Å². The van der Waals surface area contributed by atoms with Crippen LogP contribution in [0, 0.1) is 0 Å². The molecule has 0 aliphatic carbocycles. The molecule has 0 bridgehead atoms. The largest absolute Gasteiger partial charge is 0.478 e. The van der Waals surface area contributed by atoms with Crippen LogP contribution in [0.4, 0.5) is 0 Å². The zero-order valence-corrected chi connectivity index (χ0v) is 14.6. The molecular formula is C21H26N2O2. The molecule has 3 rings (SSSR count). The fourth-order valence-electron chi connectivity index (χ4n) is 3.30. The van der Waals surface area contributed by atoms with Gasteiger partial charge in [-0.25, -0.2) is 4.79 Å². The van der Waals surface area contributed by atoms with Gasteiger partial charge >= 0.3 is 5.97 Å². The molecule has 0 atom stereocenters. The zero-order chi connectivity index (χ0) is 17.5. The molecule has 0 radical (unpaired) electrons. The lowest BCUT2D eigenvalue weighted by molar-refractivity contribution is 0.0696. The molecule has 2 aromatic carbocycles. The highest BCUT2D eigenvalue weighted by atomic mass is 16.4. The first-order valence-corrected chi connectivity index (χ1v) is 9.04. The molecule has 1 aliphatic rings. The maximum atomic E-state index is 11.0. The molecule has 25 heavy (non-hydrogen) atoms. The van der Waals surface area contributed by atoms with Crippen molar-refractivity contribution in [3.05, 3.63) is 70.8 Å². The van der Waals surface area contributed by atoms with Crippen LogP contribution < -0.4 is 5.32 Å². The minimum Gasteiger partial charge on any atom is -0.478 e. The Morgan fingerprint density at radius 2 is 1.60 bits per heavy atom. The van der Waals surface area contributed by atoms with Crippen molar-refractivity contribution in [3.8, 4) is 0 Å². The maximum absolute atomic E-state index is 11.0. The molecule has 4 heteroatoms. The second-order valence-electron chi connectivity index (χ2n) is 6.76. The average Bonchev–Trinajstić information content (AvgIpc) is 2.64. The highest BCUT2D eigenvalue weighted by molar-refractivity contribution is 5.87. The number of piperidine rings is 1. The SMILES string of the molecule is O=C(O)c1cccc(CNCc2ccc(CN3CCCCC3)cc2)c1. The molecule has 4 nitrogen and oxygen atoms in total. The Bertz CT molecular complexity index is 691. The Balaban J connectivity index is 1.47. The van der Waals surface area contributed by atoms with E-state index in [0.717, 1.165) is 18.7 Å². The van der Waals surface area contributed by atoms with E-state index in [1.165, 1.54) is 43.5 Å². The molecule has 2 aromatic rings. The highest BCUT2D eigenvalue weighted by Gasteiger charge is 2.10. The molecule has 0 spiro atoms. The normalized spacial score (nSPS) is 15.2. The summed E-state index contributed by atoms with van der Waals surface area (Å²) in [6, 6.07) is 15.9. The number of carbonyl (C=O) groups is 1. The minimum atomic E-state index is -0.883. The third kappa shape index (κ3) is 5.41. The minimum absolute atomic E-state index is 0.335. The molecule has 0 saturated carbocycles. The van der Waals surface area contributed by atoms with Crippen LogP contribution in [0.25, 0.3) is 0 Å². The Kier molecular flexibility index (Phi) is 6.20. The summed E-state index contributed by atoms with van der Waals surface area (Å²) >= 11 is 0. The third-order valence-electron chi connectivity index (χ3n) is 4.71. The van der Waals surface area contributed by atoms with E-state index in [-0.39, 0.29) is 0 Å². The molecule has 1 aliphatic heterocycles. The van der Waals surface area contributed by atoms with Gasteiger partial charge in [-0.15, -0.1) is 0 Å². The Morgan fingerprint density at radius 3 is 2.32 bits per heavy atom. The first-order valence-electron chi connectivity index (χ1n) is 9.04. The van der Waals surface area contributed by atoms with Crippen molar-refractivity contribution >= 4 is 5.97 Å². The number of nitrogens with zero attached hydrogens (tertiary/aromatic N) is 1. The van der Waals surface area contributed by atoms with Gasteiger partial charge in [-0.3, -0.25) is 4.90 Å². The Morgan fingerprint density at radius 1 is 0.920 bits per heavy atom. The zero-order valence-electron chi connectivity index (χ0n) is 14.6. The fourth-order valence-corrected chi connectivity index (χ4v) is 3.30. The van der Waals surface area contributed by atoms with E-state index in [1.54, 1.807) is 18.2 Å². The number of carboxylic acids is 1. The van der Waals surface area contributed by atoms with Gasteiger partial charge in [0, 0.05) is 19.6 Å². The van der Waals surface area contributed by atoms with Crippen LogP contribution in [-0.4, -0.2) is 29.1 Å². The van der Waals surface area contributed by atoms with Gasteiger partial charge in [0.25, 0.3) is 0 Å². The number of carboxylic acid groups (broad SMARTS) is 1. The lowest BCUT2D eigenvalue weighted by Gasteiger charge is -2.26. The number of benzene rings is 2. The quantitative estimate of drug-likeness (QED) is 0.809. The molecule has 0 amide bonds. The van der Waals surface area contributed by atoms with E-state index in [0.29, 0.717) is 12.1 Å². The van der Waals surface area contributed by atoms with Crippen LogP contribution >= 0.6 is 0 Å². The second-order valence-corrected chi connectivity index (χ2v) is 6.76. The Hall–Kier alpha value is -2.17. The maximum Gasteiger partial charge on any atom is 0.335 e. The predicted molar refractivity (Wildman–Crippen MR) is 99.5 cm³/mol. The van der Waals surface area contributed by atoms with Crippen molar-refractivity contribution < 1.29 is 9.90 Å². The van der Waals surface area contributed by atoms with Gasteiger partial charge < -0.3 is 10.4 Å². The van der Waals surface area contributed by atoms with Crippen molar-refractivity contribution in [2.24, 2.45) is 0 Å². The van der Waals surface area contributed by atoms with Crippen LogP contribution in [0.2, 0.25) is 0 Å². The van der Waals surface area contributed by atoms with E-state index >= 15 is 0 Å². The number of rotatable bonds is 7. The fraction of sp³-hybridized carbons (Fsp3) is 0.381.